The van der Waals surface area contributed by atoms with Gasteiger partial charge >= 0.3 is 0 Å². The first kappa shape index (κ1) is 13.6. The highest BCUT2D eigenvalue weighted by Crippen LogP contribution is 2.26. The highest BCUT2D eigenvalue weighted by Gasteiger charge is 2.13. The van der Waals surface area contributed by atoms with Crippen molar-refractivity contribution in [1.82, 2.24) is 9.55 Å². The molecular formula is C15H20N2O2. The third-order valence-electron chi connectivity index (χ3n) is 3.42. The van der Waals surface area contributed by atoms with Crippen molar-refractivity contribution in [3.63, 3.8) is 0 Å². The van der Waals surface area contributed by atoms with Crippen LogP contribution in [-0.4, -0.2) is 28.4 Å². The van der Waals surface area contributed by atoms with Crippen LogP contribution in [0.1, 0.15) is 17.0 Å². The van der Waals surface area contributed by atoms with Crippen molar-refractivity contribution in [3.05, 3.63) is 35.2 Å². The number of ether oxygens (including phenoxy) is 1. The number of benzene rings is 1. The van der Waals surface area contributed by atoms with Gasteiger partial charge in [0.05, 0.1) is 12.8 Å². The minimum Gasteiger partial charge on any atom is -0.496 e. The fourth-order valence-electron chi connectivity index (χ4n) is 2.40. The minimum absolute atomic E-state index is 0.140. The summed E-state index contributed by atoms with van der Waals surface area (Å²) in [6, 6.07) is 6.04. The Morgan fingerprint density at radius 2 is 2.05 bits per heavy atom. The van der Waals surface area contributed by atoms with E-state index in [4.69, 9.17) is 9.84 Å². The summed E-state index contributed by atoms with van der Waals surface area (Å²) in [7, 11) is 3.66. The van der Waals surface area contributed by atoms with Crippen LogP contribution in [0.5, 0.6) is 5.75 Å². The van der Waals surface area contributed by atoms with Crippen LogP contribution in [-0.2, 0) is 13.5 Å². The van der Waals surface area contributed by atoms with E-state index in [0.717, 1.165) is 34.1 Å². The average molecular weight is 260 g/mol. The van der Waals surface area contributed by atoms with Gasteiger partial charge in [-0.3, -0.25) is 0 Å². The van der Waals surface area contributed by atoms with Crippen molar-refractivity contribution in [2.45, 2.75) is 20.3 Å². The Labute approximate surface area is 113 Å². The molecule has 0 aliphatic rings. The molecule has 2 rings (SSSR count). The lowest BCUT2D eigenvalue weighted by Gasteiger charge is -2.08. The fourth-order valence-corrected chi connectivity index (χ4v) is 2.40. The highest BCUT2D eigenvalue weighted by atomic mass is 16.5. The number of hydrogen-bond donors (Lipinski definition) is 1. The number of aryl methyl sites for hydroxylation is 2. The van der Waals surface area contributed by atoms with Crippen LogP contribution in [0.15, 0.2) is 18.2 Å². The number of aromatic nitrogens is 2. The predicted molar refractivity (Wildman–Crippen MR) is 75.5 cm³/mol. The van der Waals surface area contributed by atoms with E-state index in [1.54, 1.807) is 7.11 Å². The Hall–Kier alpha value is -1.81. The van der Waals surface area contributed by atoms with Crippen LogP contribution in [0.2, 0.25) is 0 Å². The van der Waals surface area contributed by atoms with Gasteiger partial charge in [0.25, 0.3) is 0 Å². The molecule has 1 heterocycles. The van der Waals surface area contributed by atoms with Crippen LogP contribution in [0.4, 0.5) is 0 Å². The first-order valence-corrected chi connectivity index (χ1v) is 6.36. The first-order valence-electron chi connectivity index (χ1n) is 6.36. The average Bonchev–Trinajstić information content (AvgIpc) is 2.67. The summed E-state index contributed by atoms with van der Waals surface area (Å²) >= 11 is 0. The SMILES string of the molecule is COc1ccc(-c2nc(C)c(CCO)n2C)cc1C. The summed E-state index contributed by atoms with van der Waals surface area (Å²) in [6.45, 7) is 4.14. The van der Waals surface area contributed by atoms with Crippen molar-refractivity contribution >= 4 is 0 Å². The highest BCUT2D eigenvalue weighted by molar-refractivity contribution is 5.60. The number of rotatable bonds is 4. The molecule has 0 radical (unpaired) electrons. The molecule has 0 aliphatic carbocycles. The van der Waals surface area contributed by atoms with Crippen molar-refractivity contribution in [2.24, 2.45) is 7.05 Å². The number of imidazole rings is 1. The van der Waals surface area contributed by atoms with E-state index in [0.29, 0.717) is 6.42 Å². The quantitative estimate of drug-likeness (QED) is 0.917. The zero-order valence-electron chi connectivity index (χ0n) is 11.9. The van der Waals surface area contributed by atoms with E-state index in [9.17, 15) is 0 Å². The van der Waals surface area contributed by atoms with Gasteiger partial charge in [-0.1, -0.05) is 0 Å². The number of hydrogen-bond acceptors (Lipinski definition) is 3. The summed E-state index contributed by atoms with van der Waals surface area (Å²) in [5.41, 5.74) is 4.20. The van der Waals surface area contributed by atoms with Gasteiger partial charge in [0.15, 0.2) is 0 Å². The maximum absolute atomic E-state index is 9.10. The third kappa shape index (κ3) is 2.49. The zero-order valence-corrected chi connectivity index (χ0v) is 11.9. The molecule has 0 unspecified atom stereocenters. The van der Waals surface area contributed by atoms with Crippen LogP contribution in [0.3, 0.4) is 0 Å². The molecule has 0 saturated carbocycles. The molecular weight excluding hydrogens is 240 g/mol. The molecule has 4 heteroatoms. The van der Waals surface area contributed by atoms with E-state index in [1.807, 2.05) is 37.6 Å². The van der Waals surface area contributed by atoms with Gasteiger partial charge in [0, 0.05) is 31.3 Å². The molecule has 1 N–H and O–H groups in total. The molecule has 0 fully saturated rings. The van der Waals surface area contributed by atoms with Crippen LogP contribution >= 0.6 is 0 Å². The maximum atomic E-state index is 9.10. The standard InChI is InChI=1S/C15H20N2O2/c1-10-9-12(5-6-14(10)19-4)15-16-11(2)13(7-8-18)17(15)3/h5-6,9,18H,7-8H2,1-4H3. The van der Waals surface area contributed by atoms with Crippen molar-refractivity contribution < 1.29 is 9.84 Å². The number of nitrogens with zero attached hydrogens (tertiary/aromatic N) is 2. The minimum atomic E-state index is 0.140. The Balaban J connectivity index is 2.47. The van der Waals surface area contributed by atoms with Crippen LogP contribution in [0, 0.1) is 13.8 Å². The van der Waals surface area contributed by atoms with Gasteiger partial charge in [-0.05, 0) is 37.6 Å². The lowest BCUT2D eigenvalue weighted by Crippen LogP contribution is -2.02. The maximum Gasteiger partial charge on any atom is 0.140 e. The Bertz CT molecular complexity index is 588. The molecule has 0 atom stereocenters. The van der Waals surface area contributed by atoms with Crippen LogP contribution in [0.25, 0.3) is 11.4 Å². The molecule has 1 aromatic carbocycles. The molecule has 102 valence electrons. The summed E-state index contributed by atoms with van der Waals surface area (Å²) in [5.74, 6) is 1.80. The summed E-state index contributed by atoms with van der Waals surface area (Å²) < 4.78 is 7.32. The molecule has 4 nitrogen and oxygen atoms in total. The largest absolute Gasteiger partial charge is 0.496 e. The summed E-state index contributed by atoms with van der Waals surface area (Å²) in [6.07, 6.45) is 0.629. The normalized spacial score (nSPS) is 10.8. The van der Waals surface area contributed by atoms with Gasteiger partial charge in [-0.2, -0.15) is 0 Å². The molecule has 0 spiro atoms. The Kier molecular flexibility index (Phi) is 3.90. The van der Waals surface area contributed by atoms with Gasteiger partial charge in [0.1, 0.15) is 11.6 Å². The third-order valence-corrected chi connectivity index (χ3v) is 3.42. The monoisotopic (exact) mass is 260 g/mol. The van der Waals surface area contributed by atoms with E-state index in [2.05, 4.69) is 11.1 Å². The van der Waals surface area contributed by atoms with E-state index in [1.165, 1.54) is 0 Å². The second-order valence-corrected chi connectivity index (χ2v) is 4.68. The first-order chi connectivity index (χ1) is 9.08. The molecule has 0 aliphatic heterocycles. The lowest BCUT2D eigenvalue weighted by atomic mass is 10.1. The molecule has 0 bridgehead atoms. The van der Waals surface area contributed by atoms with Gasteiger partial charge < -0.3 is 14.4 Å². The summed E-state index contributed by atoms with van der Waals surface area (Å²) in [4.78, 5) is 4.61. The van der Waals surface area contributed by atoms with E-state index < -0.39 is 0 Å². The van der Waals surface area contributed by atoms with E-state index in [-0.39, 0.29) is 6.61 Å². The molecule has 2 aromatic rings. The number of aliphatic hydroxyl groups is 1. The van der Waals surface area contributed by atoms with Crippen LogP contribution < -0.4 is 4.74 Å². The Morgan fingerprint density at radius 1 is 1.32 bits per heavy atom. The van der Waals surface area contributed by atoms with E-state index >= 15 is 0 Å². The van der Waals surface area contributed by atoms with Gasteiger partial charge in [-0.15, -0.1) is 0 Å². The van der Waals surface area contributed by atoms with Gasteiger partial charge in [0.2, 0.25) is 0 Å². The number of aliphatic hydroxyl groups excluding tert-OH is 1. The molecule has 0 saturated heterocycles. The molecule has 1 aromatic heterocycles. The molecule has 0 amide bonds. The van der Waals surface area contributed by atoms with Crippen molar-refractivity contribution in [1.29, 1.82) is 0 Å². The smallest absolute Gasteiger partial charge is 0.140 e. The fraction of sp³-hybridized carbons (Fsp3) is 0.400. The van der Waals surface area contributed by atoms with Gasteiger partial charge in [-0.25, -0.2) is 4.98 Å². The van der Waals surface area contributed by atoms with Crippen molar-refractivity contribution in [2.75, 3.05) is 13.7 Å². The second-order valence-electron chi connectivity index (χ2n) is 4.68. The molecule has 19 heavy (non-hydrogen) atoms. The summed E-state index contributed by atoms with van der Waals surface area (Å²) in [5, 5.41) is 9.10. The number of methoxy groups -OCH3 is 1. The Morgan fingerprint density at radius 3 is 2.63 bits per heavy atom. The predicted octanol–water partition coefficient (Wildman–Crippen LogP) is 2.25. The lowest BCUT2D eigenvalue weighted by molar-refractivity contribution is 0.296. The second kappa shape index (κ2) is 5.45. The van der Waals surface area contributed by atoms with Crippen molar-refractivity contribution in [3.8, 4) is 17.1 Å². The topological polar surface area (TPSA) is 47.3 Å². The zero-order chi connectivity index (χ0) is 14.0.